The fourth-order valence-corrected chi connectivity index (χ4v) is 1.19. The molecule has 0 saturated carbocycles. The molecule has 0 heterocycles. The minimum Gasteiger partial charge on any atom is -0.493 e. The highest BCUT2D eigenvalue weighted by Gasteiger charge is 2.08. The molecule has 1 rings (SSSR count). The summed E-state index contributed by atoms with van der Waals surface area (Å²) >= 11 is 5.66. The first-order valence-electron chi connectivity index (χ1n) is 5.67. The van der Waals surface area contributed by atoms with Crippen molar-refractivity contribution in [1.29, 1.82) is 0 Å². The van der Waals surface area contributed by atoms with Crippen molar-refractivity contribution in [2.24, 2.45) is 5.92 Å². The van der Waals surface area contributed by atoms with Gasteiger partial charge in [0.1, 0.15) is 11.1 Å². The topological polar surface area (TPSA) is 38.3 Å². The molecule has 0 radical (unpaired) electrons. The molecule has 3 nitrogen and oxygen atoms in total. The Kier molecular flexibility index (Phi) is 5.29. The second-order valence-electron chi connectivity index (χ2n) is 4.33. The Morgan fingerprint density at radius 2 is 1.88 bits per heavy atom. The van der Waals surface area contributed by atoms with E-state index in [1.807, 2.05) is 12.1 Å². The second kappa shape index (κ2) is 6.50. The van der Waals surface area contributed by atoms with Crippen molar-refractivity contribution in [2.45, 2.75) is 26.1 Å². The molecular weight excluding hydrogens is 238 g/mol. The lowest BCUT2D eigenvalue weighted by Crippen LogP contribution is -2.20. The van der Waals surface area contributed by atoms with Gasteiger partial charge in [-0.15, -0.1) is 11.6 Å². The van der Waals surface area contributed by atoms with E-state index in [0.29, 0.717) is 12.5 Å². The number of ether oxygens (including phenoxy) is 1. The largest absolute Gasteiger partial charge is 0.493 e. The summed E-state index contributed by atoms with van der Waals surface area (Å²) in [7, 11) is 0. The Labute approximate surface area is 107 Å². The van der Waals surface area contributed by atoms with Crippen molar-refractivity contribution in [1.82, 2.24) is 0 Å². The number of benzene rings is 1. The van der Waals surface area contributed by atoms with Gasteiger partial charge in [0.15, 0.2) is 0 Å². The van der Waals surface area contributed by atoms with Crippen LogP contribution in [-0.4, -0.2) is 17.9 Å². The van der Waals surface area contributed by atoms with Crippen molar-refractivity contribution in [2.75, 3.05) is 11.9 Å². The van der Waals surface area contributed by atoms with Crippen molar-refractivity contribution in [3.8, 4) is 5.75 Å². The maximum atomic E-state index is 11.3. The molecule has 0 aliphatic carbocycles. The molecule has 1 amide bonds. The molecule has 0 spiro atoms. The molecular formula is C13H18ClNO2. The van der Waals surface area contributed by atoms with Crippen LogP contribution in [0.4, 0.5) is 5.69 Å². The standard InChI is InChI=1S/C13H18ClNO2/c1-9(2)8-17-12-6-4-11(5-7-12)15-13(16)10(3)14/h4-7,9-10H,8H2,1-3H3,(H,15,16). The monoisotopic (exact) mass is 255 g/mol. The van der Waals surface area contributed by atoms with Crippen LogP contribution in [0.5, 0.6) is 5.75 Å². The average molecular weight is 256 g/mol. The van der Waals surface area contributed by atoms with Crippen molar-refractivity contribution in [3.63, 3.8) is 0 Å². The predicted octanol–water partition coefficient (Wildman–Crippen LogP) is 3.29. The highest BCUT2D eigenvalue weighted by Crippen LogP contribution is 2.16. The summed E-state index contributed by atoms with van der Waals surface area (Å²) in [5.74, 6) is 1.09. The molecule has 17 heavy (non-hydrogen) atoms. The molecule has 0 bridgehead atoms. The first-order chi connectivity index (χ1) is 7.99. The van der Waals surface area contributed by atoms with Crippen molar-refractivity contribution < 1.29 is 9.53 Å². The van der Waals surface area contributed by atoms with Crippen LogP contribution in [0.1, 0.15) is 20.8 Å². The fourth-order valence-electron chi connectivity index (χ4n) is 1.14. The molecule has 0 fully saturated rings. The molecule has 0 saturated heterocycles. The molecule has 4 heteroatoms. The molecule has 1 aromatic rings. The van der Waals surface area contributed by atoms with Gasteiger partial charge < -0.3 is 10.1 Å². The van der Waals surface area contributed by atoms with Crippen LogP contribution in [-0.2, 0) is 4.79 Å². The minimum absolute atomic E-state index is 0.206. The zero-order valence-corrected chi connectivity index (χ0v) is 11.1. The number of amides is 1. The van der Waals surface area contributed by atoms with E-state index in [2.05, 4.69) is 19.2 Å². The average Bonchev–Trinajstić information content (AvgIpc) is 2.28. The predicted molar refractivity (Wildman–Crippen MR) is 70.7 cm³/mol. The molecule has 1 unspecified atom stereocenters. The summed E-state index contributed by atoms with van der Waals surface area (Å²) in [6.07, 6.45) is 0. The van der Waals surface area contributed by atoms with E-state index >= 15 is 0 Å². The zero-order chi connectivity index (χ0) is 12.8. The zero-order valence-electron chi connectivity index (χ0n) is 10.4. The number of anilines is 1. The maximum Gasteiger partial charge on any atom is 0.242 e. The van der Waals surface area contributed by atoms with Gasteiger partial charge in [0.25, 0.3) is 0 Å². The third-order valence-corrected chi connectivity index (χ3v) is 2.26. The highest BCUT2D eigenvalue weighted by molar-refractivity contribution is 6.32. The van der Waals surface area contributed by atoms with Gasteiger partial charge >= 0.3 is 0 Å². The van der Waals surface area contributed by atoms with E-state index in [4.69, 9.17) is 16.3 Å². The Morgan fingerprint density at radius 1 is 1.29 bits per heavy atom. The summed E-state index contributed by atoms with van der Waals surface area (Å²) in [5.41, 5.74) is 0.722. The Hall–Kier alpha value is -1.22. The van der Waals surface area contributed by atoms with E-state index in [1.165, 1.54) is 0 Å². The van der Waals surface area contributed by atoms with E-state index in [1.54, 1.807) is 19.1 Å². The minimum atomic E-state index is -0.535. The third kappa shape index (κ3) is 5.09. The van der Waals surface area contributed by atoms with Crippen LogP contribution in [0.2, 0.25) is 0 Å². The Bertz CT molecular complexity index is 360. The normalized spacial score (nSPS) is 12.3. The van der Waals surface area contributed by atoms with Gasteiger partial charge in [-0.05, 0) is 37.1 Å². The lowest BCUT2D eigenvalue weighted by Gasteiger charge is -2.10. The Balaban J connectivity index is 2.53. The summed E-state index contributed by atoms with van der Waals surface area (Å²) < 4.78 is 5.54. The molecule has 0 aromatic heterocycles. The molecule has 1 atom stereocenters. The van der Waals surface area contributed by atoms with Gasteiger partial charge in [-0.2, -0.15) is 0 Å². The summed E-state index contributed by atoms with van der Waals surface area (Å²) in [4.78, 5) is 11.3. The Morgan fingerprint density at radius 3 is 2.35 bits per heavy atom. The number of hydrogen-bond donors (Lipinski definition) is 1. The van der Waals surface area contributed by atoms with Gasteiger partial charge in [-0.3, -0.25) is 4.79 Å². The summed E-state index contributed by atoms with van der Waals surface area (Å²) in [5, 5.41) is 2.17. The van der Waals surface area contributed by atoms with Gasteiger partial charge in [-0.1, -0.05) is 13.8 Å². The van der Waals surface area contributed by atoms with E-state index in [9.17, 15) is 4.79 Å². The van der Waals surface area contributed by atoms with Crippen molar-refractivity contribution in [3.05, 3.63) is 24.3 Å². The van der Waals surface area contributed by atoms with Crippen LogP contribution >= 0.6 is 11.6 Å². The van der Waals surface area contributed by atoms with Gasteiger partial charge in [0.2, 0.25) is 5.91 Å². The molecule has 1 N–H and O–H groups in total. The number of halogens is 1. The molecule has 1 aromatic carbocycles. The number of nitrogens with one attached hydrogen (secondary N) is 1. The van der Waals surface area contributed by atoms with Gasteiger partial charge in [0.05, 0.1) is 6.61 Å². The molecule has 94 valence electrons. The number of hydrogen-bond acceptors (Lipinski definition) is 2. The second-order valence-corrected chi connectivity index (χ2v) is 4.99. The first kappa shape index (κ1) is 13.8. The third-order valence-electron chi connectivity index (χ3n) is 2.07. The summed E-state index contributed by atoms with van der Waals surface area (Å²) in [6, 6.07) is 7.26. The number of rotatable bonds is 5. The number of carbonyl (C=O) groups excluding carboxylic acids is 1. The van der Waals surface area contributed by atoms with Crippen LogP contribution in [0, 0.1) is 5.92 Å². The van der Waals surface area contributed by atoms with E-state index in [-0.39, 0.29) is 5.91 Å². The maximum absolute atomic E-state index is 11.3. The smallest absolute Gasteiger partial charge is 0.242 e. The lowest BCUT2D eigenvalue weighted by atomic mass is 10.2. The SMILES string of the molecule is CC(C)COc1ccc(NC(=O)C(C)Cl)cc1. The van der Waals surface area contributed by atoms with Crippen LogP contribution in [0.3, 0.4) is 0 Å². The first-order valence-corrected chi connectivity index (χ1v) is 6.10. The van der Waals surface area contributed by atoms with Crippen LogP contribution in [0.15, 0.2) is 24.3 Å². The van der Waals surface area contributed by atoms with Crippen LogP contribution < -0.4 is 10.1 Å². The fraction of sp³-hybridized carbons (Fsp3) is 0.462. The lowest BCUT2D eigenvalue weighted by molar-refractivity contribution is -0.115. The molecule has 0 aliphatic heterocycles. The highest BCUT2D eigenvalue weighted by atomic mass is 35.5. The van der Waals surface area contributed by atoms with Crippen LogP contribution in [0.25, 0.3) is 0 Å². The quantitative estimate of drug-likeness (QED) is 0.820. The van der Waals surface area contributed by atoms with Gasteiger partial charge in [0, 0.05) is 5.69 Å². The molecule has 0 aliphatic rings. The van der Waals surface area contributed by atoms with Crippen molar-refractivity contribution >= 4 is 23.2 Å². The number of carbonyl (C=O) groups is 1. The number of alkyl halides is 1. The summed E-state index contributed by atoms with van der Waals surface area (Å²) in [6.45, 7) is 6.51. The van der Waals surface area contributed by atoms with Gasteiger partial charge in [-0.25, -0.2) is 0 Å². The van der Waals surface area contributed by atoms with E-state index < -0.39 is 5.38 Å². The van der Waals surface area contributed by atoms with E-state index in [0.717, 1.165) is 11.4 Å².